The Balaban J connectivity index is 1.98. The van der Waals surface area contributed by atoms with Crippen LogP contribution in [0.25, 0.3) is 0 Å². The van der Waals surface area contributed by atoms with Gasteiger partial charge in [-0.3, -0.25) is 14.4 Å². The summed E-state index contributed by atoms with van der Waals surface area (Å²) in [5.74, 6) is -2.00. The first-order valence-corrected chi connectivity index (χ1v) is 10.5. The normalized spacial score (nSPS) is 30.3. The minimum Gasteiger partial charge on any atom is -0.465 e. The monoisotopic (exact) mass is 460 g/mol. The lowest BCUT2D eigenvalue weighted by Crippen LogP contribution is -2.47. The Morgan fingerprint density at radius 2 is 2.03 bits per heavy atom. The van der Waals surface area contributed by atoms with E-state index >= 15 is 0 Å². The van der Waals surface area contributed by atoms with E-state index < -0.39 is 23.4 Å². The van der Waals surface area contributed by atoms with Crippen LogP contribution in [0.2, 0.25) is 0 Å². The van der Waals surface area contributed by atoms with Crippen LogP contribution in [0.1, 0.15) is 41.0 Å². The number of fused-ring (bicyclic) bond motifs is 3. The second-order valence-electron chi connectivity index (χ2n) is 8.02. The molecule has 0 aromatic carbocycles. The third kappa shape index (κ3) is 3.70. The summed E-state index contributed by atoms with van der Waals surface area (Å²) in [5, 5.41) is 0. The molecular weight excluding hydrogens is 436 g/mol. The summed E-state index contributed by atoms with van der Waals surface area (Å²) in [4.78, 5) is 37.5. The Kier molecular flexibility index (Phi) is 5.86. The largest absolute Gasteiger partial charge is 0.465 e. The van der Waals surface area contributed by atoms with E-state index in [-0.39, 0.29) is 11.6 Å². The second-order valence-corrected chi connectivity index (χ2v) is 8.81. The van der Waals surface area contributed by atoms with Crippen LogP contribution in [0.15, 0.2) is 57.5 Å². The number of ketones is 2. The van der Waals surface area contributed by atoms with Crippen molar-refractivity contribution >= 4 is 33.5 Å². The van der Waals surface area contributed by atoms with E-state index in [1.54, 1.807) is 13.0 Å². The number of hydrogen-bond donors (Lipinski definition) is 0. The Hall–Kier alpha value is -2.21. The molecule has 29 heavy (non-hydrogen) atoms. The maximum absolute atomic E-state index is 13.0. The minimum absolute atomic E-state index is 0.320. The molecule has 5 nitrogen and oxygen atoms in total. The van der Waals surface area contributed by atoms with Crippen molar-refractivity contribution in [1.82, 2.24) is 0 Å². The maximum atomic E-state index is 13.0. The van der Waals surface area contributed by atoms with Crippen molar-refractivity contribution in [2.45, 2.75) is 46.6 Å². The molecule has 0 saturated carbocycles. The summed E-state index contributed by atoms with van der Waals surface area (Å²) >= 11 is 3.37. The predicted molar refractivity (Wildman–Crippen MR) is 113 cm³/mol. The number of carbonyl (C=O) groups excluding carboxylic acids is 3. The van der Waals surface area contributed by atoms with Gasteiger partial charge >= 0.3 is 5.97 Å². The van der Waals surface area contributed by atoms with Crippen molar-refractivity contribution in [3.63, 3.8) is 0 Å². The van der Waals surface area contributed by atoms with Crippen LogP contribution in [0.3, 0.4) is 0 Å². The minimum atomic E-state index is -1.41. The molecule has 1 fully saturated rings. The van der Waals surface area contributed by atoms with E-state index in [2.05, 4.69) is 35.9 Å². The van der Waals surface area contributed by atoms with Crippen molar-refractivity contribution in [3.05, 3.63) is 57.5 Å². The molecule has 3 aliphatic rings. The van der Waals surface area contributed by atoms with Gasteiger partial charge < -0.3 is 9.47 Å². The smallest absolute Gasteiger partial charge is 0.318 e. The molecule has 2 heterocycles. The van der Waals surface area contributed by atoms with Gasteiger partial charge in [-0.05, 0) is 54.8 Å². The molecule has 2 aliphatic heterocycles. The van der Waals surface area contributed by atoms with Gasteiger partial charge in [-0.15, -0.1) is 0 Å². The van der Waals surface area contributed by atoms with E-state index in [0.717, 1.165) is 12.0 Å². The van der Waals surface area contributed by atoms with Crippen molar-refractivity contribution in [2.24, 2.45) is 17.8 Å². The van der Waals surface area contributed by atoms with Gasteiger partial charge in [-0.2, -0.15) is 0 Å². The van der Waals surface area contributed by atoms with Gasteiger partial charge in [0.1, 0.15) is 17.5 Å². The molecule has 154 valence electrons. The fraction of sp³-hybridized carbons (Fsp3) is 0.435. The Morgan fingerprint density at radius 1 is 1.34 bits per heavy atom. The van der Waals surface area contributed by atoms with Crippen LogP contribution >= 0.6 is 15.9 Å². The predicted octanol–water partition coefficient (Wildman–Crippen LogP) is 4.70. The molecule has 1 saturated heterocycles. The lowest BCUT2D eigenvalue weighted by molar-refractivity contribution is -0.156. The molecule has 0 radical (unpaired) electrons. The van der Waals surface area contributed by atoms with Crippen LogP contribution < -0.4 is 0 Å². The van der Waals surface area contributed by atoms with E-state index in [9.17, 15) is 14.4 Å². The highest BCUT2D eigenvalue weighted by molar-refractivity contribution is 9.12. The SMILES string of the molecule is CCC(C)C=C(C)C=CC1=CC2=C(Br)C(=O)C3(C)OC(=O)C(C(C)=O)C3C2=CO1. The van der Waals surface area contributed by atoms with Crippen molar-refractivity contribution in [3.8, 4) is 0 Å². The zero-order valence-electron chi connectivity index (χ0n) is 17.2. The molecule has 4 unspecified atom stereocenters. The van der Waals surface area contributed by atoms with Crippen molar-refractivity contribution < 1.29 is 23.9 Å². The molecule has 0 amide bonds. The molecule has 1 aliphatic carbocycles. The van der Waals surface area contributed by atoms with Crippen LogP contribution in [0.5, 0.6) is 0 Å². The summed E-state index contributed by atoms with van der Waals surface area (Å²) in [6, 6.07) is 0. The highest BCUT2D eigenvalue weighted by Gasteiger charge is 2.63. The molecule has 4 atom stereocenters. The van der Waals surface area contributed by atoms with Crippen LogP contribution in [-0.4, -0.2) is 23.1 Å². The first-order chi connectivity index (χ1) is 13.6. The number of halogens is 1. The molecule has 0 aromatic heterocycles. The molecule has 0 aromatic rings. The molecule has 0 bridgehead atoms. The first kappa shape index (κ1) is 21.5. The number of rotatable bonds is 5. The zero-order valence-corrected chi connectivity index (χ0v) is 18.8. The number of esters is 1. The zero-order chi connectivity index (χ0) is 21.5. The molecule has 3 rings (SSSR count). The van der Waals surface area contributed by atoms with E-state index in [1.165, 1.54) is 13.2 Å². The van der Waals surface area contributed by atoms with Crippen LogP contribution in [0, 0.1) is 17.8 Å². The number of carbonyl (C=O) groups is 3. The summed E-state index contributed by atoms with van der Waals surface area (Å²) in [7, 11) is 0. The lowest BCUT2D eigenvalue weighted by atomic mass is 9.68. The first-order valence-electron chi connectivity index (χ1n) is 9.73. The van der Waals surface area contributed by atoms with Gasteiger partial charge in [0.15, 0.2) is 5.60 Å². The van der Waals surface area contributed by atoms with E-state index in [0.29, 0.717) is 27.3 Å². The van der Waals surface area contributed by atoms with Gasteiger partial charge in [0.25, 0.3) is 0 Å². The Bertz CT molecular complexity index is 933. The molecule has 6 heteroatoms. The van der Waals surface area contributed by atoms with Gasteiger partial charge in [-0.1, -0.05) is 38.0 Å². The fourth-order valence-electron chi connectivity index (χ4n) is 4.00. The number of ether oxygens (including phenoxy) is 2. The van der Waals surface area contributed by atoms with Gasteiger partial charge in [0.05, 0.1) is 16.7 Å². The van der Waals surface area contributed by atoms with E-state index in [1.807, 2.05) is 19.1 Å². The van der Waals surface area contributed by atoms with E-state index in [4.69, 9.17) is 9.47 Å². The number of allylic oxidation sites excluding steroid dienone is 6. The number of hydrogen-bond acceptors (Lipinski definition) is 5. The summed E-state index contributed by atoms with van der Waals surface area (Å²) in [6.07, 6.45) is 10.3. The average molecular weight is 461 g/mol. The highest BCUT2D eigenvalue weighted by Crippen LogP contribution is 2.52. The summed E-state index contributed by atoms with van der Waals surface area (Å²) in [6.45, 7) is 9.22. The fourth-order valence-corrected chi connectivity index (χ4v) is 4.74. The summed E-state index contributed by atoms with van der Waals surface area (Å²) < 4.78 is 11.5. The third-order valence-corrected chi connectivity index (χ3v) is 6.56. The Morgan fingerprint density at radius 3 is 2.66 bits per heavy atom. The summed E-state index contributed by atoms with van der Waals surface area (Å²) in [5.41, 5.74) is 0.942. The van der Waals surface area contributed by atoms with Crippen molar-refractivity contribution in [1.29, 1.82) is 0 Å². The Labute approximate surface area is 179 Å². The molecule has 0 spiro atoms. The van der Waals surface area contributed by atoms with Gasteiger partial charge in [0.2, 0.25) is 5.78 Å². The second kappa shape index (κ2) is 7.90. The van der Waals surface area contributed by atoms with Crippen LogP contribution in [0.4, 0.5) is 0 Å². The topological polar surface area (TPSA) is 69.7 Å². The van der Waals surface area contributed by atoms with Crippen LogP contribution in [-0.2, 0) is 23.9 Å². The highest BCUT2D eigenvalue weighted by atomic mass is 79.9. The average Bonchev–Trinajstić information content (AvgIpc) is 2.96. The third-order valence-electron chi connectivity index (χ3n) is 5.77. The standard InChI is InChI=1S/C23H25BrO5/c1-6-12(2)9-13(3)7-8-15-10-16-17(11-28-15)19-18(14(4)25)22(27)29-23(19,5)21(26)20(16)24/h7-12,18-19H,6H2,1-5H3. The lowest BCUT2D eigenvalue weighted by Gasteiger charge is -2.36. The number of Topliss-reactive ketones (excluding diaryl/α,β-unsaturated/α-hetero) is 2. The van der Waals surface area contributed by atoms with Gasteiger partial charge in [-0.25, -0.2) is 0 Å². The quantitative estimate of drug-likeness (QED) is 0.337. The van der Waals surface area contributed by atoms with Crippen molar-refractivity contribution in [2.75, 3.05) is 0 Å². The van der Waals surface area contributed by atoms with Gasteiger partial charge in [0, 0.05) is 11.1 Å². The maximum Gasteiger partial charge on any atom is 0.318 e. The molecular formula is C23H25BrO5. The molecule has 0 N–H and O–H groups in total.